The highest BCUT2D eigenvalue weighted by Crippen LogP contribution is 2.09. The second-order valence-electron chi connectivity index (χ2n) is 3.85. The van der Waals surface area contributed by atoms with Crippen LogP contribution in [0.2, 0.25) is 0 Å². The third-order valence-electron chi connectivity index (χ3n) is 2.69. The van der Waals surface area contributed by atoms with Gasteiger partial charge in [-0.1, -0.05) is 12.1 Å². The molecule has 0 atom stereocenters. The van der Waals surface area contributed by atoms with Crippen molar-refractivity contribution in [3.63, 3.8) is 0 Å². The number of benzene rings is 1. The highest BCUT2D eigenvalue weighted by Gasteiger charge is 2.28. The molecule has 1 fully saturated rings. The summed E-state index contributed by atoms with van der Waals surface area (Å²) in [5, 5.41) is 0. The quantitative estimate of drug-likeness (QED) is 0.718. The zero-order valence-corrected chi connectivity index (χ0v) is 8.78. The average molecular weight is 221 g/mol. The molecule has 0 N–H and O–H groups in total. The fourth-order valence-corrected chi connectivity index (χ4v) is 1.79. The number of Topliss-reactive ketones (excluding diaryl/α,β-unsaturated/α-hetero) is 1. The molecule has 16 heavy (non-hydrogen) atoms. The lowest BCUT2D eigenvalue weighted by Gasteiger charge is -2.13. The van der Waals surface area contributed by atoms with Gasteiger partial charge >= 0.3 is 0 Å². The minimum Gasteiger partial charge on any atom is -0.335 e. The van der Waals surface area contributed by atoms with Crippen molar-refractivity contribution in [1.29, 1.82) is 0 Å². The van der Waals surface area contributed by atoms with Gasteiger partial charge in [-0.15, -0.1) is 0 Å². The Labute approximate surface area is 92.9 Å². The zero-order valence-electron chi connectivity index (χ0n) is 8.78. The fraction of sp³-hybridized carbons (Fsp3) is 0.333. The van der Waals surface area contributed by atoms with Crippen molar-refractivity contribution in [2.75, 3.05) is 13.1 Å². The Kier molecular flexibility index (Phi) is 2.99. The molecule has 1 aromatic carbocycles. The Bertz CT molecular complexity index is 431. The molecular formula is C12H12FNO2. The minimum atomic E-state index is -0.406. The Balaban J connectivity index is 1.93. The van der Waals surface area contributed by atoms with E-state index in [4.69, 9.17) is 0 Å². The topological polar surface area (TPSA) is 37.4 Å². The minimum absolute atomic E-state index is 0.277. The predicted molar refractivity (Wildman–Crippen MR) is 56.3 cm³/mol. The van der Waals surface area contributed by atoms with Gasteiger partial charge in [0.1, 0.15) is 5.82 Å². The second-order valence-corrected chi connectivity index (χ2v) is 3.85. The van der Waals surface area contributed by atoms with E-state index in [0.29, 0.717) is 25.9 Å². The van der Waals surface area contributed by atoms with E-state index in [2.05, 4.69) is 0 Å². The number of nitrogens with zero attached hydrogens (tertiary/aromatic N) is 1. The molecule has 0 unspecified atom stereocenters. The largest absolute Gasteiger partial charge is 0.335 e. The van der Waals surface area contributed by atoms with Crippen molar-refractivity contribution >= 4 is 11.7 Å². The molecule has 1 aliphatic heterocycles. The van der Waals surface area contributed by atoms with Gasteiger partial charge in [0.15, 0.2) is 0 Å². The summed E-state index contributed by atoms with van der Waals surface area (Å²) in [7, 11) is 0. The van der Waals surface area contributed by atoms with Gasteiger partial charge in [0.25, 0.3) is 5.91 Å². The average Bonchev–Trinajstić information content (AvgIpc) is 2.57. The molecule has 0 spiro atoms. The molecule has 1 saturated heterocycles. The van der Waals surface area contributed by atoms with Crippen LogP contribution >= 0.6 is 0 Å². The maximum absolute atomic E-state index is 12.9. The summed E-state index contributed by atoms with van der Waals surface area (Å²) in [6.45, 7) is 0.973. The summed E-state index contributed by atoms with van der Waals surface area (Å²) in [4.78, 5) is 23.8. The smallest absolute Gasteiger partial charge is 0.290 e. The standard InChI is InChI=1S/C12H12FNO2/c13-10-3-1-2-9(8-10)4-6-14-7-5-11(15)12(14)16/h1-3,8H,4-7H2. The lowest BCUT2D eigenvalue weighted by molar-refractivity contribution is -0.139. The lowest BCUT2D eigenvalue weighted by atomic mass is 10.1. The molecule has 2 rings (SSSR count). The molecule has 84 valence electrons. The van der Waals surface area contributed by atoms with E-state index in [9.17, 15) is 14.0 Å². The number of likely N-dealkylation sites (tertiary alicyclic amines) is 1. The first-order valence-electron chi connectivity index (χ1n) is 5.23. The van der Waals surface area contributed by atoms with Gasteiger partial charge in [-0.25, -0.2) is 4.39 Å². The molecule has 1 aliphatic rings. The van der Waals surface area contributed by atoms with Gasteiger partial charge in [-0.05, 0) is 24.1 Å². The molecule has 0 aromatic heterocycles. The molecule has 0 bridgehead atoms. The maximum Gasteiger partial charge on any atom is 0.290 e. The number of amides is 1. The van der Waals surface area contributed by atoms with Crippen LogP contribution in [0, 0.1) is 5.82 Å². The van der Waals surface area contributed by atoms with Crippen LogP contribution in [0.4, 0.5) is 4.39 Å². The van der Waals surface area contributed by atoms with E-state index in [1.807, 2.05) is 6.07 Å². The van der Waals surface area contributed by atoms with Crippen LogP contribution in [0.25, 0.3) is 0 Å². The molecule has 3 nitrogen and oxygen atoms in total. The third-order valence-corrected chi connectivity index (χ3v) is 2.69. The predicted octanol–water partition coefficient (Wildman–Crippen LogP) is 1.17. The van der Waals surface area contributed by atoms with Crippen molar-refractivity contribution in [2.24, 2.45) is 0 Å². The van der Waals surface area contributed by atoms with Crippen LogP contribution in [-0.4, -0.2) is 29.7 Å². The van der Waals surface area contributed by atoms with E-state index in [-0.39, 0.29) is 11.6 Å². The zero-order chi connectivity index (χ0) is 11.5. The highest BCUT2D eigenvalue weighted by atomic mass is 19.1. The van der Waals surface area contributed by atoms with Crippen LogP contribution < -0.4 is 0 Å². The van der Waals surface area contributed by atoms with Crippen LogP contribution in [0.1, 0.15) is 12.0 Å². The van der Waals surface area contributed by atoms with E-state index < -0.39 is 5.91 Å². The van der Waals surface area contributed by atoms with Gasteiger partial charge in [0, 0.05) is 19.5 Å². The van der Waals surface area contributed by atoms with E-state index >= 15 is 0 Å². The molecule has 1 amide bonds. The van der Waals surface area contributed by atoms with Gasteiger partial charge in [-0.3, -0.25) is 9.59 Å². The number of rotatable bonds is 3. The van der Waals surface area contributed by atoms with Crippen LogP contribution in [0.5, 0.6) is 0 Å². The Morgan fingerprint density at radius 2 is 2.12 bits per heavy atom. The normalized spacial score (nSPS) is 15.9. The van der Waals surface area contributed by atoms with Crippen LogP contribution in [-0.2, 0) is 16.0 Å². The lowest BCUT2D eigenvalue weighted by Crippen LogP contribution is -2.29. The van der Waals surface area contributed by atoms with Crippen molar-refractivity contribution < 1.29 is 14.0 Å². The van der Waals surface area contributed by atoms with Gasteiger partial charge in [0.2, 0.25) is 5.78 Å². The number of hydrogen-bond acceptors (Lipinski definition) is 2. The van der Waals surface area contributed by atoms with Crippen molar-refractivity contribution in [2.45, 2.75) is 12.8 Å². The van der Waals surface area contributed by atoms with Gasteiger partial charge in [0.05, 0.1) is 0 Å². The number of halogens is 1. The molecule has 0 aliphatic carbocycles. The van der Waals surface area contributed by atoms with Crippen LogP contribution in [0.15, 0.2) is 24.3 Å². The van der Waals surface area contributed by atoms with E-state index in [1.165, 1.54) is 17.0 Å². The Morgan fingerprint density at radius 1 is 1.31 bits per heavy atom. The van der Waals surface area contributed by atoms with Gasteiger partial charge < -0.3 is 4.90 Å². The van der Waals surface area contributed by atoms with E-state index in [0.717, 1.165) is 5.56 Å². The Hall–Kier alpha value is -1.71. The maximum atomic E-state index is 12.9. The van der Waals surface area contributed by atoms with Crippen molar-refractivity contribution in [3.8, 4) is 0 Å². The molecule has 0 saturated carbocycles. The number of carbonyl (C=O) groups excluding carboxylic acids is 2. The summed E-state index contributed by atoms with van der Waals surface area (Å²) in [6, 6.07) is 6.28. The van der Waals surface area contributed by atoms with Crippen molar-refractivity contribution in [3.05, 3.63) is 35.6 Å². The van der Waals surface area contributed by atoms with E-state index in [1.54, 1.807) is 6.07 Å². The molecule has 4 heteroatoms. The van der Waals surface area contributed by atoms with Crippen molar-refractivity contribution in [1.82, 2.24) is 4.90 Å². The molecular weight excluding hydrogens is 209 g/mol. The second kappa shape index (κ2) is 4.43. The highest BCUT2D eigenvalue weighted by molar-refractivity contribution is 6.37. The first-order valence-corrected chi connectivity index (χ1v) is 5.23. The molecule has 0 radical (unpaired) electrons. The first-order chi connectivity index (χ1) is 7.66. The molecule has 1 aromatic rings. The fourth-order valence-electron chi connectivity index (χ4n) is 1.79. The first kappa shape index (κ1) is 10.8. The molecule has 1 heterocycles. The number of carbonyl (C=O) groups is 2. The Morgan fingerprint density at radius 3 is 2.75 bits per heavy atom. The summed E-state index contributed by atoms with van der Waals surface area (Å²) in [5.41, 5.74) is 0.840. The van der Waals surface area contributed by atoms with Gasteiger partial charge in [-0.2, -0.15) is 0 Å². The number of ketones is 1. The monoisotopic (exact) mass is 221 g/mol. The van der Waals surface area contributed by atoms with Crippen LogP contribution in [0.3, 0.4) is 0 Å². The summed E-state index contributed by atoms with van der Waals surface area (Å²) >= 11 is 0. The summed E-state index contributed by atoms with van der Waals surface area (Å²) in [6.07, 6.45) is 0.888. The third kappa shape index (κ3) is 2.27. The summed E-state index contributed by atoms with van der Waals surface area (Å²) in [5.74, 6) is -1.00. The number of hydrogen-bond donors (Lipinski definition) is 0. The summed E-state index contributed by atoms with van der Waals surface area (Å²) < 4.78 is 12.9. The SMILES string of the molecule is O=C1CCN(CCc2cccc(F)c2)C1=O.